The van der Waals surface area contributed by atoms with Crippen molar-refractivity contribution in [3.63, 3.8) is 0 Å². The van der Waals surface area contributed by atoms with E-state index in [1.165, 1.54) is 0 Å². The van der Waals surface area contributed by atoms with Crippen molar-refractivity contribution in [2.45, 2.75) is 19.4 Å². The molecule has 2 aromatic rings. The Morgan fingerprint density at radius 1 is 1.24 bits per heavy atom. The first-order valence-electron chi connectivity index (χ1n) is 6.79. The van der Waals surface area contributed by atoms with Crippen molar-refractivity contribution in [1.29, 1.82) is 0 Å². The number of amides is 1. The van der Waals surface area contributed by atoms with Crippen molar-refractivity contribution in [3.05, 3.63) is 57.3 Å². The van der Waals surface area contributed by atoms with E-state index >= 15 is 0 Å². The highest BCUT2D eigenvalue weighted by Gasteiger charge is 2.21. The van der Waals surface area contributed by atoms with E-state index in [0.29, 0.717) is 19.5 Å². The molecule has 2 heterocycles. The summed E-state index contributed by atoms with van der Waals surface area (Å²) in [5.41, 5.74) is 2.36. The third kappa shape index (κ3) is 2.97. The fourth-order valence-corrected chi connectivity index (χ4v) is 3.27. The Kier molecular flexibility index (Phi) is 3.75. The number of carbonyl (C=O) groups excluding carboxylic acids is 1. The van der Waals surface area contributed by atoms with Gasteiger partial charge in [0.25, 0.3) is 0 Å². The SMILES string of the molecule is O=C(O)c1ccc2c(c1)CN(C(=O)Cc1cccs1)CC2. The van der Waals surface area contributed by atoms with Crippen LogP contribution in [0.3, 0.4) is 0 Å². The van der Waals surface area contributed by atoms with Gasteiger partial charge < -0.3 is 10.0 Å². The lowest BCUT2D eigenvalue weighted by Crippen LogP contribution is -2.36. The number of hydrogen-bond acceptors (Lipinski definition) is 3. The Balaban J connectivity index is 1.75. The minimum absolute atomic E-state index is 0.101. The smallest absolute Gasteiger partial charge is 0.335 e. The fourth-order valence-electron chi connectivity index (χ4n) is 2.58. The summed E-state index contributed by atoms with van der Waals surface area (Å²) in [5, 5.41) is 11.0. The molecule has 3 rings (SSSR count). The van der Waals surface area contributed by atoms with E-state index in [2.05, 4.69) is 0 Å². The molecule has 0 saturated carbocycles. The average Bonchev–Trinajstić information content (AvgIpc) is 2.98. The maximum Gasteiger partial charge on any atom is 0.335 e. The molecule has 1 aromatic carbocycles. The number of carbonyl (C=O) groups is 2. The second-order valence-corrected chi connectivity index (χ2v) is 6.14. The zero-order valence-corrected chi connectivity index (χ0v) is 12.2. The molecule has 108 valence electrons. The molecular formula is C16H15NO3S. The van der Waals surface area contributed by atoms with E-state index in [-0.39, 0.29) is 11.5 Å². The van der Waals surface area contributed by atoms with Crippen LogP contribution in [0.15, 0.2) is 35.7 Å². The van der Waals surface area contributed by atoms with Crippen molar-refractivity contribution in [3.8, 4) is 0 Å². The minimum atomic E-state index is -0.931. The molecule has 0 unspecified atom stereocenters. The Bertz CT molecular complexity index is 679. The van der Waals surface area contributed by atoms with Crippen LogP contribution < -0.4 is 0 Å². The van der Waals surface area contributed by atoms with Crippen LogP contribution in [0.1, 0.15) is 26.4 Å². The summed E-state index contributed by atoms with van der Waals surface area (Å²) in [5.74, 6) is -0.830. The highest BCUT2D eigenvalue weighted by atomic mass is 32.1. The number of benzene rings is 1. The number of rotatable bonds is 3. The lowest BCUT2D eigenvalue weighted by Gasteiger charge is -2.29. The lowest BCUT2D eigenvalue weighted by molar-refractivity contribution is -0.131. The van der Waals surface area contributed by atoms with Gasteiger partial charge >= 0.3 is 5.97 Å². The first-order valence-corrected chi connectivity index (χ1v) is 7.66. The topological polar surface area (TPSA) is 57.6 Å². The molecule has 0 aliphatic carbocycles. The van der Waals surface area contributed by atoms with Crippen LogP contribution in [0.25, 0.3) is 0 Å². The summed E-state index contributed by atoms with van der Waals surface area (Å²) >= 11 is 1.58. The zero-order chi connectivity index (χ0) is 14.8. The molecular weight excluding hydrogens is 286 g/mol. The fraction of sp³-hybridized carbons (Fsp3) is 0.250. The number of aromatic carboxylic acids is 1. The van der Waals surface area contributed by atoms with Gasteiger partial charge in [-0.3, -0.25) is 4.79 Å². The number of thiophene rings is 1. The van der Waals surface area contributed by atoms with Crippen LogP contribution in [0.2, 0.25) is 0 Å². The molecule has 1 aliphatic rings. The highest BCUT2D eigenvalue weighted by molar-refractivity contribution is 7.10. The summed E-state index contributed by atoms with van der Waals surface area (Å²) in [6.45, 7) is 1.20. The summed E-state index contributed by atoms with van der Waals surface area (Å²) < 4.78 is 0. The van der Waals surface area contributed by atoms with Crippen LogP contribution in [-0.4, -0.2) is 28.4 Å². The minimum Gasteiger partial charge on any atom is -0.478 e. The Morgan fingerprint density at radius 2 is 2.10 bits per heavy atom. The van der Waals surface area contributed by atoms with Crippen LogP contribution in [0.5, 0.6) is 0 Å². The molecule has 5 heteroatoms. The largest absolute Gasteiger partial charge is 0.478 e. The summed E-state index contributed by atoms with van der Waals surface area (Å²) in [6.07, 6.45) is 1.21. The van der Waals surface area contributed by atoms with Crippen LogP contribution in [-0.2, 0) is 24.2 Å². The lowest BCUT2D eigenvalue weighted by atomic mass is 9.97. The third-order valence-electron chi connectivity index (χ3n) is 3.72. The molecule has 1 N–H and O–H groups in total. The quantitative estimate of drug-likeness (QED) is 0.948. The molecule has 1 aromatic heterocycles. The second-order valence-electron chi connectivity index (χ2n) is 5.11. The number of nitrogens with zero attached hydrogens (tertiary/aromatic N) is 1. The highest BCUT2D eigenvalue weighted by Crippen LogP contribution is 2.22. The second kappa shape index (κ2) is 5.69. The van der Waals surface area contributed by atoms with Crippen molar-refractivity contribution >= 4 is 23.2 Å². The molecule has 0 spiro atoms. The van der Waals surface area contributed by atoms with E-state index in [9.17, 15) is 9.59 Å². The average molecular weight is 301 g/mol. The van der Waals surface area contributed by atoms with Crippen LogP contribution in [0.4, 0.5) is 0 Å². The molecule has 0 radical (unpaired) electrons. The molecule has 1 amide bonds. The number of carboxylic acid groups (broad SMARTS) is 1. The Morgan fingerprint density at radius 3 is 2.81 bits per heavy atom. The summed E-state index contributed by atoms with van der Waals surface area (Å²) in [6, 6.07) is 9.08. The third-order valence-corrected chi connectivity index (χ3v) is 4.60. The van der Waals surface area contributed by atoms with Gasteiger partial charge in [-0.2, -0.15) is 0 Å². The zero-order valence-electron chi connectivity index (χ0n) is 11.4. The Hall–Kier alpha value is -2.14. The van der Waals surface area contributed by atoms with E-state index in [1.807, 2.05) is 28.5 Å². The predicted octanol–water partition coefficient (Wildman–Crippen LogP) is 2.57. The monoisotopic (exact) mass is 301 g/mol. The van der Waals surface area contributed by atoms with Crippen molar-refractivity contribution in [1.82, 2.24) is 4.90 Å². The van der Waals surface area contributed by atoms with E-state index in [4.69, 9.17) is 5.11 Å². The van der Waals surface area contributed by atoms with Gasteiger partial charge in [0.2, 0.25) is 5.91 Å². The molecule has 0 fully saturated rings. The molecule has 1 aliphatic heterocycles. The van der Waals surface area contributed by atoms with E-state index < -0.39 is 5.97 Å². The van der Waals surface area contributed by atoms with Crippen LogP contribution >= 0.6 is 11.3 Å². The van der Waals surface area contributed by atoms with Gasteiger partial charge in [0.1, 0.15) is 0 Å². The van der Waals surface area contributed by atoms with Crippen molar-refractivity contribution in [2.24, 2.45) is 0 Å². The first kappa shape index (κ1) is 13.8. The first-order chi connectivity index (χ1) is 10.1. The molecule has 0 saturated heterocycles. The van der Waals surface area contributed by atoms with Gasteiger partial charge in [0.15, 0.2) is 0 Å². The molecule has 0 atom stereocenters. The summed E-state index contributed by atoms with van der Waals surface area (Å²) in [7, 11) is 0. The molecule has 4 nitrogen and oxygen atoms in total. The molecule has 0 bridgehead atoms. The van der Waals surface area contributed by atoms with Crippen molar-refractivity contribution < 1.29 is 14.7 Å². The van der Waals surface area contributed by atoms with Gasteiger partial charge in [0.05, 0.1) is 12.0 Å². The van der Waals surface area contributed by atoms with Gasteiger partial charge in [-0.25, -0.2) is 4.79 Å². The van der Waals surface area contributed by atoms with Gasteiger partial charge in [-0.1, -0.05) is 12.1 Å². The Labute approximate surface area is 126 Å². The maximum absolute atomic E-state index is 12.3. The van der Waals surface area contributed by atoms with Crippen molar-refractivity contribution in [2.75, 3.05) is 6.54 Å². The van der Waals surface area contributed by atoms with Crippen LogP contribution in [0, 0.1) is 0 Å². The van der Waals surface area contributed by atoms with E-state index in [0.717, 1.165) is 22.4 Å². The van der Waals surface area contributed by atoms with E-state index in [1.54, 1.807) is 23.5 Å². The standard InChI is InChI=1S/C16H15NO3S/c18-15(9-14-2-1-7-21-14)17-6-5-11-3-4-12(16(19)20)8-13(11)10-17/h1-4,7-8H,5-6,9-10H2,(H,19,20). The predicted molar refractivity (Wildman–Crippen MR) is 80.5 cm³/mol. The van der Waals surface area contributed by atoms with Gasteiger partial charge in [0, 0.05) is 18.0 Å². The number of carboxylic acids is 1. The summed E-state index contributed by atoms with van der Waals surface area (Å²) in [4.78, 5) is 26.2. The maximum atomic E-state index is 12.3. The number of hydrogen-bond donors (Lipinski definition) is 1. The molecule has 21 heavy (non-hydrogen) atoms. The van der Waals surface area contributed by atoms with Gasteiger partial charge in [-0.15, -0.1) is 11.3 Å². The number of fused-ring (bicyclic) bond motifs is 1. The normalized spacial score (nSPS) is 13.8. The van der Waals surface area contributed by atoms with Gasteiger partial charge in [-0.05, 0) is 41.1 Å².